The lowest BCUT2D eigenvalue weighted by Crippen LogP contribution is -2.49. The molecule has 1 saturated heterocycles. The number of morpholine rings is 1. The number of halogens is 1. The number of carbonyl (C=O) groups excluding carboxylic acids is 3. The molecule has 0 saturated carbocycles. The average molecular weight is 568 g/mol. The molecule has 0 unspecified atom stereocenters. The van der Waals surface area contributed by atoms with Crippen LogP contribution in [0.3, 0.4) is 0 Å². The van der Waals surface area contributed by atoms with Gasteiger partial charge in [0.05, 0.1) is 25.7 Å². The molecule has 0 spiro atoms. The SMILES string of the molecule is COC(=O)[C@H](CNC(=O)CBr)NC(=O)c1ccc(C#CC=Cc2ccc(CN3CCOCC3)cc2)cc1. The molecule has 0 radical (unpaired) electrons. The number of ether oxygens (including phenoxy) is 2. The van der Waals surface area contributed by atoms with Gasteiger partial charge in [0.25, 0.3) is 5.91 Å². The number of hydrogen-bond donors (Lipinski definition) is 2. The minimum absolute atomic E-state index is 0.0741. The molecule has 0 bridgehead atoms. The summed E-state index contributed by atoms with van der Waals surface area (Å²) in [6, 6.07) is 14.1. The Bertz CT molecular complexity index is 1150. The zero-order valence-electron chi connectivity index (χ0n) is 20.7. The van der Waals surface area contributed by atoms with Gasteiger partial charge in [-0.05, 0) is 47.5 Å². The van der Waals surface area contributed by atoms with Crippen LogP contribution in [0.5, 0.6) is 0 Å². The zero-order chi connectivity index (χ0) is 26.5. The number of carbonyl (C=O) groups is 3. The lowest BCUT2D eigenvalue weighted by molar-refractivity contribution is -0.142. The first kappa shape index (κ1) is 28.1. The number of hydrogen-bond acceptors (Lipinski definition) is 6. The molecule has 3 rings (SSSR count). The Hall–Kier alpha value is -3.45. The van der Waals surface area contributed by atoms with Crippen molar-refractivity contribution in [2.75, 3.05) is 45.3 Å². The van der Waals surface area contributed by atoms with E-state index in [2.05, 4.69) is 67.6 Å². The van der Waals surface area contributed by atoms with Crippen molar-refractivity contribution >= 4 is 39.8 Å². The third kappa shape index (κ3) is 9.50. The molecular weight excluding hydrogens is 538 g/mol. The fraction of sp³-hybridized carbons (Fsp3) is 0.321. The number of nitrogens with one attached hydrogen (secondary N) is 2. The maximum Gasteiger partial charge on any atom is 0.330 e. The van der Waals surface area contributed by atoms with E-state index in [1.54, 1.807) is 30.3 Å². The molecule has 1 heterocycles. The van der Waals surface area contributed by atoms with Crippen molar-refractivity contribution in [2.45, 2.75) is 12.6 Å². The van der Waals surface area contributed by atoms with E-state index in [4.69, 9.17) is 9.47 Å². The summed E-state index contributed by atoms with van der Waals surface area (Å²) in [4.78, 5) is 38.3. The molecule has 37 heavy (non-hydrogen) atoms. The van der Waals surface area contributed by atoms with E-state index in [9.17, 15) is 14.4 Å². The second-order valence-corrected chi connectivity index (χ2v) is 8.86. The molecule has 1 aliphatic rings. The van der Waals surface area contributed by atoms with Crippen molar-refractivity contribution in [3.8, 4) is 11.8 Å². The van der Waals surface area contributed by atoms with Gasteiger partial charge in [-0.2, -0.15) is 0 Å². The Kier molecular flexibility index (Phi) is 11.4. The maximum absolute atomic E-state index is 12.6. The first-order valence-corrected chi connectivity index (χ1v) is 13.0. The van der Waals surface area contributed by atoms with Gasteiger partial charge < -0.3 is 20.1 Å². The fourth-order valence-corrected chi connectivity index (χ4v) is 3.76. The summed E-state index contributed by atoms with van der Waals surface area (Å²) in [5.41, 5.74) is 3.45. The molecule has 1 fully saturated rings. The Morgan fingerprint density at radius 1 is 1.11 bits per heavy atom. The van der Waals surface area contributed by atoms with Crippen LogP contribution in [-0.4, -0.2) is 74.0 Å². The minimum atomic E-state index is -1.00. The van der Waals surface area contributed by atoms with E-state index in [1.165, 1.54) is 12.7 Å². The van der Waals surface area contributed by atoms with Crippen molar-refractivity contribution in [1.82, 2.24) is 15.5 Å². The van der Waals surface area contributed by atoms with Gasteiger partial charge in [-0.25, -0.2) is 4.79 Å². The number of alkyl halides is 1. The number of allylic oxidation sites excluding steroid dienone is 1. The van der Waals surface area contributed by atoms with Crippen LogP contribution in [0.2, 0.25) is 0 Å². The molecule has 2 aromatic rings. The van der Waals surface area contributed by atoms with Crippen LogP contribution in [0, 0.1) is 11.8 Å². The molecule has 0 aromatic heterocycles. The second-order valence-electron chi connectivity index (χ2n) is 8.30. The predicted octanol–water partition coefficient (Wildman–Crippen LogP) is 2.37. The van der Waals surface area contributed by atoms with Gasteiger partial charge in [0, 0.05) is 37.3 Å². The van der Waals surface area contributed by atoms with E-state index >= 15 is 0 Å². The normalized spacial score (nSPS) is 14.3. The third-order valence-electron chi connectivity index (χ3n) is 5.63. The third-order valence-corrected chi connectivity index (χ3v) is 6.14. The molecule has 1 aliphatic heterocycles. The number of benzene rings is 2. The summed E-state index contributed by atoms with van der Waals surface area (Å²) in [6.07, 6.45) is 3.74. The highest BCUT2D eigenvalue weighted by molar-refractivity contribution is 9.09. The van der Waals surface area contributed by atoms with Gasteiger partial charge in [-0.3, -0.25) is 14.5 Å². The van der Waals surface area contributed by atoms with Crippen LogP contribution in [0.1, 0.15) is 27.0 Å². The number of methoxy groups -OCH3 is 1. The van der Waals surface area contributed by atoms with Gasteiger partial charge in [-0.1, -0.05) is 52.0 Å². The quantitative estimate of drug-likeness (QED) is 0.274. The standard InChI is InChI=1S/C28H30BrN3O5/c1-36-28(35)25(19-30-26(33)18-29)31-27(34)24-12-10-22(11-13-24)5-3-2-4-21-6-8-23(9-7-21)20-32-14-16-37-17-15-32/h2,4,6-13,25H,14-20H2,1H3,(H,30,33)(H,31,34)/t25-/m0/s1. The Morgan fingerprint density at radius 3 is 2.46 bits per heavy atom. The van der Waals surface area contributed by atoms with Gasteiger partial charge in [-0.15, -0.1) is 0 Å². The molecule has 1 atom stereocenters. The van der Waals surface area contributed by atoms with Crippen molar-refractivity contribution in [1.29, 1.82) is 0 Å². The zero-order valence-corrected chi connectivity index (χ0v) is 22.3. The van der Waals surface area contributed by atoms with E-state index in [-0.39, 0.29) is 17.8 Å². The number of rotatable bonds is 9. The van der Waals surface area contributed by atoms with Gasteiger partial charge in [0.1, 0.15) is 6.04 Å². The van der Waals surface area contributed by atoms with E-state index in [0.717, 1.165) is 44.0 Å². The van der Waals surface area contributed by atoms with Gasteiger partial charge in [0.2, 0.25) is 5.91 Å². The summed E-state index contributed by atoms with van der Waals surface area (Å²) in [5, 5.41) is 5.21. The Labute approximate surface area is 225 Å². The van der Waals surface area contributed by atoms with Crippen molar-refractivity contribution < 1.29 is 23.9 Å². The highest BCUT2D eigenvalue weighted by atomic mass is 79.9. The van der Waals surface area contributed by atoms with E-state index in [0.29, 0.717) is 5.56 Å². The van der Waals surface area contributed by atoms with Crippen molar-refractivity contribution in [2.24, 2.45) is 0 Å². The minimum Gasteiger partial charge on any atom is -0.467 e. The molecule has 8 nitrogen and oxygen atoms in total. The van der Waals surface area contributed by atoms with Crippen LogP contribution in [0.15, 0.2) is 54.6 Å². The number of esters is 1. The maximum atomic E-state index is 12.6. The highest BCUT2D eigenvalue weighted by Gasteiger charge is 2.22. The van der Waals surface area contributed by atoms with E-state index < -0.39 is 17.9 Å². The van der Waals surface area contributed by atoms with Crippen LogP contribution >= 0.6 is 15.9 Å². The molecule has 2 N–H and O–H groups in total. The molecular formula is C28H30BrN3O5. The van der Waals surface area contributed by atoms with Crippen molar-refractivity contribution in [3.63, 3.8) is 0 Å². The van der Waals surface area contributed by atoms with Crippen LogP contribution in [-0.2, 0) is 25.6 Å². The average Bonchev–Trinajstić information content (AvgIpc) is 2.94. The first-order valence-electron chi connectivity index (χ1n) is 11.9. The molecule has 2 aromatic carbocycles. The van der Waals surface area contributed by atoms with Gasteiger partial charge in [0.15, 0.2) is 0 Å². The van der Waals surface area contributed by atoms with Crippen LogP contribution < -0.4 is 10.6 Å². The monoisotopic (exact) mass is 567 g/mol. The topological polar surface area (TPSA) is 97.0 Å². The molecule has 0 aliphatic carbocycles. The summed E-state index contributed by atoms with van der Waals surface area (Å²) in [6.45, 7) is 4.38. The summed E-state index contributed by atoms with van der Waals surface area (Å²) in [5.74, 6) is 4.64. The lowest BCUT2D eigenvalue weighted by Gasteiger charge is -2.26. The smallest absolute Gasteiger partial charge is 0.330 e. The number of amides is 2. The number of nitrogens with zero attached hydrogens (tertiary/aromatic N) is 1. The van der Waals surface area contributed by atoms with Crippen molar-refractivity contribution in [3.05, 3.63) is 76.9 Å². The van der Waals surface area contributed by atoms with E-state index in [1.807, 2.05) is 6.08 Å². The molecule has 194 valence electrons. The lowest BCUT2D eigenvalue weighted by atomic mass is 10.1. The predicted molar refractivity (Wildman–Crippen MR) is 145 cm³/mol. The Balaban J connectivity index is 1.52. The van der Waals surface area contributed by atoms with Crippen LogP contribution in [0.25, 0.3) is 6.08 Å². The highest BCUT2D eigenvalue weighted by Crippen LogP contribution is 2.10. The summed E-state index contributed by atoms with van der Waals surface area (Å²) in [7, 11) is 1.22. The fourth-order valence-electron chi connectivity index (χ4n) is 3.56. The molecule has 2 amide bonds. The first-order chi connectivity index (χ1) is 18.0. The second kappa shape index (κ2) is 15.0. The molecule has 9 heteroatoms. The largest absolute Gasteiger partial charge is 0.467 e. The Morgan fingerprint density at radius 2 is 1.81 bits per heavy atom. The van der Waals surface area contributed by atoms with Crippen LogP contribution in [0.4, 0.5) is 0 Å². The van der Waals surface area contributed by atoms with Gasteiger partial charge >= 0.3 is 5.97 Å². The summed E-state index contributed by atoms with van der Waals surface area (Å²) >= 11 is 3.03. The summed E-state index contributed by atoms with van der Waals surface area (Å²) < 4.78 is 10.1.